The average Bonchev–Trinajstić information content (AvgIpc) is 3.37. The Morgan fingerprint density at radius 1 is 1.08 bits per heavy atom. The second-order valence-electron chi connectivity index (χ2n) is 10.4. The number of allylic oxidation sites excluding steroid dienone is 2. The highest BCUT2D eigenvalue weighted by atomic mass is 32.2. The molecule has 0 bridgehead atoms. The molecule has 0 amide bonds. The summed E-state index contributed by atoms with van der Waals surface area (Å²) in [5.74, 6) is 2.03. The predicted molar refractivity (Wildman–Crippen MR) is 167 cm³/mol. The van der Waals surface area contributed by atoms with Crippen molar-refractivity contribution in [2.45, 2.75) is 116 Å². The minimum Gasteiger partial charge on any atom is -0.364 e. The lowest BCUT2D eigenvalue weighted by atomic mass is 9.88. The van der Waals surface area contributed by atoms with E-state index >= 15 is 0 Å². The lowest BCUT2D eigenvalue weighted by Crippen LogP contribution is -2.11. The van der Waals surface area contributed by atoms with Crippen LogP contribution >= 0.6 is 12.1 Å². The Bertz CT molecular complexity index is 1230. The number of imidazole rings is 1. The fourth-order valence-corrected chi connectivity index (χ4v) is 5.97. The lowest BCUT2D eigenvalue weighted by molar-refractivity contribution is 0.427. The number of aryl methyl sites for hydroxylation is 2. The van der Waals surface area contributed by atoms with Crippen molar-refractivity contribution in [2.24, 2.45) is 0 Å². The zero-order chi connectivity index (χ0) is 26.7. The number of halogens is 1. The van der Waals surface area contributed by atoms with Crippen molar-refractivity contribution in [3.63, 3.8) is 0 Å². The van der Waals surface area contributed by atoms with Crippen LogP contribution in [0.25, 0.3) is 11.6 Å². The molecule has 39 heavy (non-hydrogen) atoms. The first-order valence-electron chi connectivity index (χ1n) is 14.5. The minimum absolute atomic E-state index is 0. The summed E-state index contributed by atoms with van der Waals surface area (Å²) < 4.78 is 16.5. The molecular weight excluding hydrogens is 503 g/mol. The Hall–Kier alpha value is -2.60. The van der Waals surface area contributed by atoms with E-state index in [-0.39, 0.29) is 19.6 Å². The maximum Gasteiger partial charge on any atom is 0.159 e. The van der Waals surface area contributed by atoms with Gasteiger partial charge >= 0.3 is 0 Å². The molecule has 1 fully saturated rings. The molecule has 1 aliphatic rings. The zero-order valence-electron chi connectivity index (χ0n) is 23.1. The van der Waals surface area contributed by atoms with Crippen LogP contribution in [0.4, 0.5) is 9.70 Å². The van der Waals surface area contributed by atoms with Gasteiger partial charge in [0.25, 0.3) is 0 Å². The molecule has 1 saturated carbocycles. The van der Waals surface area contributed by atoms with Gasteiger partial charge in [-0.2, -0.15) is 3.89 Å². The van der Waals surface area contributed by atoms with E-state index in [1.54, 1.807) is 0 Å². The quantitative estimate of drug-likeness (QED) is 0.160. The predicted octanol–water partition coefficient (Wildman–Crippen LogP) is 10.3. The minimum atomic E-state index is 0. The van der Waals surface area contributed by atoms with E-state index in [0.717, 1.165) is 62.0 Å². The summed E-state index contributed by atoms with van der Waals surface area (Å²) in [6, 6.07) is 6.71. The number of benzene rings is 1. The summed E-state index contributed by atoms with van der Waals surface area (Å²) in [6.45, 7) is 8.84. The van der Waals surface area contributed by atoms with E-state index in [2.05, 4.69) is 60.5 Å². The molecule has 4 nitrogen and oxygen atoms in total. The van der Waals surface area contributed by atoms with Crippen LogP contribution in [-0.4, -0.2) is 14.4 Å². The van der Waals surface area contributed by atoms with Crippen LogP contribution in [0.5, 0.6) is 0 Å². The highest BCUT2D eigenvalue weighted by molar-refractivity contribution is 7.94. The van der Waals surface area contributed by atoms with E-state index in [9.17, 15) is 3.89 Å². The highest BCUT2D eigenvalue weighted by Crippen LogP contribution is 2.38. The van der Waals surface area contributed by atoms with Crippen LogP contribution in [0, 0.1) is 0 Å². The number of nitrogens with zero attached hydrogens (tertiary/aromatic N) is 3. The van der Waals surface area contributed by atoms with Gasteiger partial charge in [-0.05, 0) is 74.1 Å². The number of hydrogen-bond acceptors (Lipinski definition) is 4. The smallest absolute Gasteiger partial charge is 0.159 e. The molecule has 1 aliphatic carbocycles. The van der Waals surface area contributed by atoms with Gasteiger partial charge in [0.15, 0.2) is 10.8 Å². The van der Waals surface area contributed by atoms with Crippen molar-refractivity contribution >= 4 is 29.6 Å². The summed E-state index contributed by atoms with van der Waals surface area (Å²) in [7, 11) is 0. The van der Waals surface area contributed by atoms with Gasteiger partial charge in [0.2, 0.25) is 0 Å². The molecule has 2 aromatic heterocycles. The fraction of sp³-hybridized carbons (Fsp3) is 0.515. The van der Waals surface area contributed by atoms with Gasteiger partial charge in [-0.3, -0.25) is 4.40 Å². The molecule has 1 N–H and O–H groups in total. The fourth-order valence-electron chi connectivity index (χ4n) is 5.58. The Labute approximate surface area is 239 Å². The van der Waals surface area contributed by atoms with Crippen LogP contribution in [0.2, 0.25) is 0 Å². The first-order chi connectivity index (χ1) is 18.7. The van der Waals surface area contributed by atoms with Gasteiger partial charge in [-0.1, -0.05) is 77.3 Å². The second-order valence-corrected chi connectivity index (χ2v) is 10.9. The third kappa shape index (κ3) is 7.75. The van der Waals surface area contributed by atoms with Crippen molar-refractivity contribution in [1.29, 1.82) is 0 Å². The zero-order valence-corrected chi connectivity index (χ0v) is 24.0. The topological polar surface area (TPSA) is 42.2 Å². The summed E-state index contributed by atoms with van der Waals surface area (Å²) in [5, 5.41) is 3.96. The highest BCUT2D eigenvalue weighted by Gasteiger charge is 2.26. The monoisotopic (exact) mass is 550 g/mol. The Morgan fingerprint density at radius 2 is 1.87 bits per heavy atom. The third-order valence-electron chi connectivity index (χ3n) is 7.80. The summed E-state index contributed by atoms with van der Waals surface area (Å²) >= 11 is 0.236. The molecule has 1 aromatic carbocycles. The first kappa shape index (κ1) is 30.9. The van der Waals surface area contributed by atoms with Crippen LogP contribution < -0.4 is 5.32 Å². The van der Waals surface area contributed by atoms with Crippen LogP contribution in [-0.2, 0) is 19.4 Å². The number of aromatic nitrogens is 3. The summed E-state index contributed by atoms with van der Waals surface area (Å²) in [4.78, 5) is 9.67. The van der Waals surface area contributed by atoms with E-state index in [0.29, 0.717) is 23.3 Å². The maximum absolute atomic E-state index is 14.3. The molecule has 0 atom stereocenters. The number of nitrogens with one attached hydrogen (secondary N) is 1. The number of anilines is 1. The molecule has 0 radical (unpaired) electrons. The molecule has 4 rings (SSSR count). The van der Waals surface area contributed by atoms with Gasteiger partial charge in [0.05, 0.1) is 11.9 Å². The normalized spacial score (nSPS) is 14.1. The van der Waals surface area contributed by atoms with Crippen LogP contribution in [0.15, 0.2) is 48.2 Å². The standard InChI is InChI=1S/C32H43FN4S.CH4/c1-4-7-8-9-10-11-15-18-28-23-35-30(34-22-27-20-19-24(5-2)21-25(27)6-3)29-32(38-33)36-31(37(28)29)26-16-13-12-14-17-26;/h4,15,18-21,23,26H,1,5-14,16-17,22H2,2-3H3,(H,34,35);1H4/b18-15+;. The number of rotatable bonds is 14. The average molecular weight is 551 g/mol. The number of hydrogen-bond donors (Lipinski definition) is 1. The van der Waals surface area contributed by atoms with Crippen molar-refractivity contribution in [1.82, 2.24) is 14.4 Å². The number of unbranched alkanes of at least 4 members (excludes halogenated alkanes) is 4. The molecule has 0 saturated heterocycles. The second kappa shape index (κ2) is 15.9. The summed E-state index contributed by atoms with van der Waals surface area (Å²) in [5.41, 5.74) is 5.69. The Kier molecular flexibility index (Phi) is 12.6. The van der Waals surface area contributed by atoms with Crippen molar-refractivity contribution in [3.8, 4) is 0 Å². The molecule has 0 aliphatic heterocycles. The van der Waals surface area contributed by atoms with Crippen LogP contribution in [0.1, 0.15) is 120 Å². The van der Waals surface area contributed by atoms with Gasteiger partial charge in [0.1, 0.15) is 23.5 Å². The molecule has 0 unspecified atom stereocenters. The molecule has 2 heterocycles. The van der Waals surface area contributed by atoms with Crippen molar-refractivity contribution in [2.75, 3.05) is 5.32 Å². The Balaban J connectivity index is 0.00000420. The van der Waals surface area contributed by atoms with Gasteiger partial charge in [0, 0.05) is 12.5 Å². The molecule has 0 spiro atoms. The number of fused-ring (bicyclic) bond motifs is 1. The van der Waals surface area contributed by atoms with E-state index < -0.39 is 0 Å². The molecule has 3 aromatic rings. The van der Waals surface area contributed by atoms with Crippen molar-refractivity contribution in [3.05, 3.63) is 71.3 Å². The maximum atomic E-state index is 14.3. The van der Waals surface area contributed by atoms with Gasteiger partial charge < -0.3 is 5.32 Å². The van der Waals surface area contributed by atoms with E-state index in [1.807, 2.05) is 12.3 Å². The largest absolute Gasteiger partial charge is 0.364 e. The molecule has 212 valence electrons. The molecule has 6 heteroatoms. The third-order valence-corrected chi connectivity index (χ3v) is 8.23. The van der Waals surface area contributed by atoms with E-state index in [1.165, 1.54) is 48.8 Å². The lowest BCUT2D eigenvalue weighted by Gasteiger charge is -2.21. The Morgan fingerprint density at radius 3 is 2.59 bits per heavy atom. The summed E-state index contributed by atoms with van der Waals surface area (Å²) in [6.07, 6.45) is 21.8. The SMILES string of the molecule is C.C=CCCCCC/C=C/c1cnc(NCc2ccc(CC)cc2CC)c2c(SF)nc(C3CCCCC3)n12. The van der Waals surface area contributed by atoms with Gasteiger partial charge in [-0.25, -0.2) is 9.97 Å². The van der Waals surface area contributed by atoms with E-state index in [4.69, 9.17) is 9.97 Å². The van der Waals surface area contributed by atoms with Crippen LogP contribution in [0.3, 0.4) is 0 Å². The molecular formula is C33H47FN4S. The van der Waals surface area contributed by atoms with Gasteiger partial charge in [-0.15, -0.1) is 6.58 Å². The van der Waals surface area contributed by atoms with Crippen molar-refractivity contribution < 1.29 is 3.89 Å². The first-order valence-corrected chi connectivity index (χ1v) is 15.2.